The van der Waals surface area contributed by atoms with Gasteiger partial charge in [-0.3, -0.25) is 4.79 Å². The highest BCUT2D eigenvalue weighted by Crippen LogP contribution is 2.23. The number of aryl methyl sites for hydroxylation is 3. The number of carbonyl (C=O) groups is 1. The molecule has 2 N–H and O–H groups in total. The van der Waals surface area contributed by atoms with Crippen LogP contribution in [0.3, 0.4) is 0 Å². The van der Waals surface area contributed by atoms with E-state index in [4.69, 9.17) is 5.73 Å². The first-order chi connectivity index (χ1) is 9.93. The van der Waals surface area contributed by atoms with E-state index in [0.29, 0.717) is 17.8 Å². The normalized spacial score (nSPS) is 10.5. The number of amides is 1. The largest absolute Gasteiger partial charge is 0.398 e. The molecule has 0 saturated carbocycles. The Bertz CT molecular complexity index is 660. The summed E-state index contributed by atoms with van der Waals surface area (Å²) in [6, 6.07) is 11.7. The second-order valence-corrected chi connectivity index (χ2v) is 5.41. The van der Waals surface area contributed by atoms with Gasteiger partial charge in [-0.2, -0.15) is 0 Å². The molecule has 0 aliphatic carbocycles. The lowest BCUT2D eigenvalue weighted by molar-refractivity contribution is 0.0988. The van der Waals surface area contributed by atoms with Gasteiger partial charge in [0.05, 0.1) is 0 Å². The Morgan fingerprint density at radius 1 is 1.05 bits per heavy atom. The highest BCUT2D eigenvalue weighted by molar-refractivity contribution is 6.07. The molecule has 0 bridgehead atoms. The summed E-state index contributed by atoms with van der Waals surface area (Å²) in [7, 11) is 0. The van der Waals surface area contributed by atoms with E-state index < -0.39 is 0 Å². The fourth-order valence-electron chi connectivity index (χ4n) is 2.41. The Balaban J connectivity index is 2.41. The van der Waals surface area contributed by atoms with Gasteiger partial charge < -0.3 is 10.6 Å². The van der Waals surface area contributed by atoms with Crippen LogP contribution in [0, 0.1) is 20.8 Å². The Labute approximate surface area is 126 Å². The number of nitrogens with zero attached hydrogens (tertiary/aromatic N) is 1. The summed E-state index contributed by atoms with van der Waals surface area (Å²) in [5, 5.41) is 0. The Kier molecular flexibility index (Phi) is 4.32. The van der Waals surface area contributed by atoms with Gasteiger partial charge in [-0.15, -0.1) is 0 Å². The van der Waals surface area contributed by atoms with Crippen LogP contribution in [0.15, 0.2) is 36.4 Å². The molecule has 1 amide bonds. The zero-order valence-corrected chi connectivity index (χ0v) is 13.1. The van der Waals surface area contributed by atoms with Crippen LogP contribution in [0.1, 0.15) is 34.0 Å². The van der Waals surface area contributed by atoms with Gasteiger partial charge in [0.1, 0.15) is 0 Å². The summed E-state index contributed by atoms with van der Waals surface area (Å²) in [4.78, 5) is 14.6. The third-order valence-electron chi connectivity index (χ3n) is 3.75. The topological polar surface area (TPSA) is 46.3 Å². The molecule has 0 spiro atoms. The van der Waals surface area contributed by atoms with Gasteiger partial charge in [0.25, 0.3) is 5.91 Å². The number of hydrogen-bond donors (Lipinski definition) is 1. The van der Waals surface area contributed by atoms with Gasteiger partial charge in [0.15, 0.2) is 0 Å². The van der Waals surface area contributed by atoms with Crippen molar-refractivity contribution in [3.8, 4) is 0 Å². The number of nitrogen functional groups attached to an aromatic ring is 1. The van der Waals surface area contributed by atoms with Crippen molar-refractivity contribution >= 4 is 17.3 Å². The van der Waals surface area contributed by atoms with E-state index in [0.717, 1.165) is 16.8 Å². The highest BCUT2D eigenvalue weighted by Gasteiger charge is 2.18. The van der Waals surface area contributed by atoms with Gasteiger partial charge in [-0.05, 0) is 57.0 Å². The van der Waals surface area contributed by atoms with Crippen molar-refractivity contribution in [2.45, 2.75) is 27.7 Å². The fraction of sp³-hybridized carbons (Fsp3) is 0.278. The van der Waals surface area contributed by atoms with Crippen molar-refractivity contribution in [1.82, 2.24) is 0 Å². The van der Waals surface area contributed by atoms with Crippen LogP contribution in [0.4, 0.5) is 11.4 Å². The van der Waals surface area contributed by atoms with E-state index in [2.05, 4.69) is 0 Å². The third-order valence-corrected chi connectivity index (χ3v) is 3.75. The molecule has 0 atom stereocenters. The molecule has 0 aliphatic rings. The molecule has 2 aromatic rings. The van der Waals surface area contributed by atoms with Crippen molar-refractivity contribution in [2.75, 3.05) is 17.2 Å². The smallest absolute Gasteiger partial charge is 0.258 e. The number of rotatable bonds is 3. The zero-order chi connectivity index (χ0) is 15.6. The average Bonchev–Trinajstić information content (AvgIpc) is 2.45. The summed E-state index contributed by atoms with van der Waals surface area (Å²) >= 11 is 0. The lowest BCUT2D eigenvalue weighted by Gasteiger charge is -2.22. The molecule has 0 fully saturated rings. The van der Waals surface area contributed by atoms with Crippen molar-refractivity contribution in [2.24, 2.45) is 0 Å². The molecular weight excluding hydrogens is 260 g/mol. The van der Waals surface area contributed by atoms with E-state index in [-0.39, 0.29) is 5.91 Å². The highest BCUT2D eigenvalue weighted by atomic mass is 16.2. The molecule has 21 heavy (non-hydrogen) atoms. The Hall–Kier alpha value is -2.29. The first kappa shape index (κ1) is 15.1. The predicted octanol–water partition coefficient (Wildman–Crippen LogP) is 3.86. The first-order valence-corrected chi connectivity index (χ1v) is 7.19. The molecule has 0 radical (unpaired) electrons. The molecule has 110 valence electrons. The maximum atomic E-state index is 12.8. The molecule has 0 saturated heterocycles. The summed E-state index contributed by atoms with van der Waals surface area (Å²) in [5.41, 5.74) is 11.3. The molecule has 2 rings (SSSR count). The summed E-state index contributed by atoms with van der Waals surface area (Å²) in [6.07, 6.45) is 0. The maximum absolute atomic E-state index is 12.8. The van der Waals surface area contributed by atoms with Gasteiger partial charge in [0, 0.05) is 23.5 Å². The van der Waals surface area contributed by atoms with Gasteiger partial charge in [-0.25, -0.2) is 0 Å². The van der Waals surface area contributed by atoms with Crippen molar-refractivity contribution in [3.05, 3.63) is 58.7 Å². The number of carbonyl (C=O) groups excluding carboxylic acids is 1. The second kappa shape index (κ2) is 6.00. The van der Waals surface area contributed by atoms with Crippen LogP contribution in [0.25, 0.3) is 0 Å². The fourth-order valence-corrected chi connectivity index (χ4v) is 2.41. The number of benzene rings is 2. The third kappa shape index (κ3) is 3.07. The Morgan fingerprint density at radius 2 is 1.67 bits per heavy atom. The predicted molar refractivity (Wildman–Crippen MR) is 88.9 cm³/mol. The van der Waals surface area contributed by atoms with E-state index >= 15 is 0 Å². The maximum Gasteiger partial charge on any atom is 0.258 e. The summed E-state index contributed by atoms with van der Waals surface area (Å²) in [6.45, 7) is 8.53. The zero-order valence-electron chi connectivity index (χ0n) is 13.1. The molecule has 3 heteroatoms. The average molecular weight is 282 g/mol. The lowest BCUT2D eigenvalue weighted by atomic mass is 10.0. The van der Waals surface area contributed by atoms with Gasteiger partial charge in [0.2, 0.25) is 0 Å². The molecule has 0 aliphatic heterocycles. The minimum absolute atomic E-state index is 0.00875. The summed E-state index contributed by atoms with van der Waals surface area (Å²) < 4.78 is 0. The first-order valence-electron chi connectivity index (χ1n) is 7.19. The van der Waals surface area contributed by atoms with Crippen LogP contribution < -0.4 is 10.6 Å². The van der Waals surface area contributed by atoms with Crippen molar-refractivity contribution < 1.29 is 4.79 Å². The van der Waals surface area contributed by atoms with Crippen LogP contribution in [0.2, 0.25) is 0 Å². The van der Waals surface area contributed by atoms with Gasteiger partial charge in [-0.1, -0.05) is 23.8 Å². The lowest BCUT2D eigenvalue weighted by Crippen LogP contribution is -2.31. The molecular formula is C18H22N2O. The van der Waals surface area contributed by atoms with Crippen molar-refractivity contribution in [3.63, 3.8) is 0 Å². The van der Waals surface area contributed by atoms with Crippen LogP contribution >= 0.6 is 0 Å². The second-order valence-electron chi connectivity index (χ2n) is 5.41. The monoisotopic (exact) mass is 282 g/mol. The number of nitrogens with two attached hydrogens (primary N) is 1. The Morgan fingerprint density at radius 3 is 2.24 bits per heavy atom. The van der Waals surface area contributed by atoms with Crippen molar-refractivity contribution in [1.29, 1.82) is 0 Å². The van der Waals surface area contributed by atoms with E-state index in [1.54, 1.807) is 11.0 Å². The molecule has 3 nitrogen and oxygen atoms in total. The van der Waals surface area contributed by atoms with Crippen LogP contribution in [0.5, 0.6) is 0 Å². The number of anilines is 2. The van der Waals surface area contributed by atoms with E-state index in [1.807, 2.05) is 58.0 Å². The molecule has 0 unspecified atom stereocenters. The number of hydrogen-bond acceptors (Lipinski definition) is 2. The molecule has 0 heterocycles. The SMILES string of the molecule is CCN(C(=O)c1cc(N)c(C)cc1C)c1ccc(C)cc1. The minimum Gasteiger partial charge on any atom is -0.398 e. The molecule has 0 aromatic heterocycles. The molecule has 2 aromatic carbocycles. The quantitative estimate of drug-likeness (QED) is 0.869. The van der Waals surface area contributed by atoms with Gasteiger partial charge >= 0.3 is 0 Å². The standard InChI is InChI=1S/C18H22N2O/c1-5-20(15-8-6-12(2)7-9-15)18(21)16-11-17(19)14(4)10-13(16)3/h6-11H,5,19H2,1-4H3. The van der Waals surface area contributed by atoms with E-state index in [9.17, 15) is 4.79 Å². The minimum atomic E-state index is -0.00875. The van der Waals surface area contributed by atoms with E-state index in [1.165, 1.54) is 5.56 Å². The summed E-state index contributed by atoms with van der Waals surface area (Å²) in [5.74, 6) is -0.00875. The van der Waals surface area contributed by atoms with Crippen LogP contribution in [-0.4, -0.2) is 12.5 Å². The van der Waals surface area contributed by atoms with Crippen LogP contribution in [-0.2, 0) is 0 Å².